The lowest BCUT2D eigenvalue weighted by atomic mass is 10.3. The molecule has 0 spiro atoms. The van der Waals surface area contributed by atoms with Gasteiger partial charge in [0.05, 0.1) is 27.2 Å². The topological polar surface area (TPSA) is 70.8 Å². The van der Waals surface area contributed by atoms with E-state index in [-0.39, 0.29) is 19.0 Å². The maximum atomic E-state index is 10.9. The van der Waals surface area contributed by atoms with Crippen LogP contribution in [0.2, 0.25) is 0 Å². The van der Waals surface area contributed by atoms with Crippen LogP contribution in [0.5, 0.6) is 11.5 Å². The van der Waals surface area contributed by atoms with Crippen LogP contribution in [0, 0.1) is 0 Å². The van der Waals surface area contributed by atoms with E-state index in [1.807, 2.05) is 0 Å². The van der Waals surface area contributed by atoms with Crippen molar-refractivity contribution in [2.24, 2.45) is 0 Å². The van der Waals surface area contributed by atoms with Gasteiger partial charge in [-0.25, -0.2) is 0 Å². The quantitative estimate of drug-likeness (QED) is 0.602. The van der Waals surface area contributed by atoms with Crippen LogP contribution in [-0.2, 0) is 9.53 Å². The Bertz CT molecular complexity index is 365. The summed E-state index contributed by atoms with van der Waals surface area (Å²) in [6, 6.07) is 5.07. The highest BCUT2D eigenvalue weighted by Gasteiger charge is 2.06. The Morgan fingerprint density at radius 3 is 2.69 bits per heavy atom. The van der Waals surface area contributed by atoms with E-state index in [0.717, 1.165) is 0 Å². The molecule has 2 N–H and O–H groups in total. The molecule has 1 aromatic rings. The molecule has 0 aliphatic carbocycles. The van der Waals surface area contributed by atoms with Crippen LogP contribution in [0.25, 0.3) is 0 Å². The first-order valence-corrected chi connectivity index (χ1v) is 4.80. The van der Waals surface area contributed by atoms with Crippen molar-refractivity contribution >= 4 is 11.7 Å². The van der Waals surface area contributed by atoms with Crippen molar-refractivity contribution in [2.75, 3.05) is 26.6 Å². The minimum absolute atomic E-state index is 0.189. The maximum Gasteiger partial charge on any atom is 0.308 e. The van der Waals surface area contributed by atoms with Crippen LogP contribution in [0.4, 0.5) is 5.69 Å². The van der Waals surface area contributed by atoms with Crippen LogP contribution in [0.1, 0.15) is 6.42 Å². The third-order valence-corrected chi connectivity index (χ3v) is 1.98. The Balaban J connectivity index is 2.58. The molecule has 0 saturated heterocycles. The highest BCUT2D eigenvalue weighted by molar-refractivity contribution is 5.69. The molecule has 0 aliphatic heterocycles. The molecule has 0 unspecified atom stereocenters. The zero-order valence-corrected chi connectivity index (χ0v) is 9.36. The molecular formula is C11H15NO4. The van der Waals surface area contributed by atoms with Gasteiger partial charge in [0.2, 0.25) is 0 Å². The Morgan fingerprint density at radius 1 is 1.31 bits per heavy atom. The SMILES string of the molecule is COC(=O)CCOc1cc(N)ccc1OC. The van der Waals surface area contributed by atoms with Crippen LogP contribution in [0.15, 0.2) is 18.2 Å². The van der Waals surface area contributed by atoms with E-state index in [9.17, 15) is 4.79 Å². The van der Waals surface area contributed by atoms with Gasteiger partial charge in [-0.2, -0.15) is 0 Å². The van der Waals surface area contributed by atoms with Gasteiger partial charge in [-0.05, 0) is 12.1 Å². The molecule has 1 rings (SSSR count). The highest BCUT2D eigenvalue weighted by Crippen LogP contribution is 2.28. The molecule has 0 heterocycles. The smallest absolute Gasteiger partial charge is 0.308 e. The second-order valence-corrected chi connectivity index (χ2v) is 3.08. The van der Waals surface area contributed by atoms with Crippen molar-refractivity contribution in [1.82, 2.24) is 0 Å². The maximum absolute atomic E-state index is 10.9. The molecule has 1 aromatic carbocycles. The lowest BCUT2D eigenvalue weighted by molar-refractivity contribution is -0.141. The largest absolute Gasteiger partial charge is 0.493 e. The third-order valence-electron chi connectivity index (χ3n) is 1.98. The van der Waals surface area contributed by atoms with Crippen LogP contribution in [-0.4, -0.2) is 26.8 Å². The van der Waals surface area contributed by atoms with Gasteiger partial charge in [0.1, 0.15) is 0 Å². The number of methoxy groups -OCH3 is 2. The molecule has 0 saturated carbocycles. The molecule has 0 amide bonds. The van der Waals surface area contributed by atoms with E-state index >= 15 is 0 Å². The van der Waals surface area contributed by atoms with Crippen molar-refractivity contribution in [3.05, 3.63) is 18.2 Å². The van der Waals surface area contributed by atoms with Crippen LogP contribution < -0.4 is 15.2 Å². The lowest BCUT2D eigenvalue weighted by Gasteiger charge is -2.10. The molecule has 0 atom stereocenters. The van der Waals surface area contributed by atoms with E-state index in [1.165, 1.54) is 7.11 Å². The average Bonchev–Trinajstić information content (AvgIpc) is 2.29. The molecule has 0 aliphatic rings. The number of ether oxygens (including phenoxy) is 3. The van der Waals surface area contributed by atoms with Gasteiger partial charge in [0.15, 0.2) is 11.5 Å². The minimum atomic E-state index is -0.317. The Morgan fingerprint density at radius 2 is 2.06 bits per heavy atom. The zero-order valence-electron chi connectivity index (χ0n) is 9.36. The molecule has 0 fully saturated rings. The van der Waals surface area contributed by atoms with Crippen molar-refractivity contribution in [3.8, 4) is 11.5 Å². The summed E-state index contributed by atoms with van der Waals surface area (Å²) in [6.45, 7) is 0.229. The predicted octanol–water partition coefficient (Wildman–Crippen LogP) is 1.22. The van der Waals surface area contributed by atoms with Gasteiger partial charge < -0.3 is 19.9 Å². The van der Waals surface area contributed by atoms with Crippen molar-refractivity contribution in [3.63, 3.8) is 0 Å². The summed E-state index contributed by atoms with van der Waals surface area (Å²) in [5, 5.41) is 0. The van der Waals surface area contributed by atoms with E-state index in [1.54, 1.807) is 25.3 Å². The summed E-state index contributed by atoms with van der Waals surface area (Å²) in [4.78, 5) is 10.9. The number of anilines is 1. The average molecular weight is 225 g/mol. The number of benzene rings is 1. The number of hydrogen-bond acceptors (Lipinski definition) is 5. The monoisotopic (exact) mass is 225 g/mol. The molecule has 0 bridgehead atoms. The van der Waals surface area contributed by atoms with E-state index < -0.39 is 0 Å². The molecule has 88 valence electrons. The minimum Gasteiger partial charge on any atom is -0.493 e. The first-order valence-electron chi connectivity index (χ1n) is 4.80. The molecule has 0 aromatic heterocycles. The fourth-order valence-electron chi connectivity index (χ4n) is 1.15. The Hall–Kier alpha value is -1.91. The Kier molecular flexibility index (Phi) is 4.44. The number of esters is 1. The van der Waals surface area contributed by atoms with Gasteiger partial charge in [0, 0.05) is 11.8 Å². The number of rotatable bonds is 5. The predicted molar refractivity (Wildman–Crippen MR) is 59.5 cm³/mol. The summed E-state index contributed by atoms with van der Waals surface area (Å²) in [5.74, 6) is 0.785. The van der Waals surface area contributed by atoms with Gasteiger partial charge in [-0.15, -0.1) is 0 Å². The molecule has 5 heteroatoms. The first-order chi connectivity index (χ1) is 7.67. The summed E-state index contributed by atoms with van der Waals surface area (Å²) in [5.41, 5.74) is 6.19. The molecular weight excluding hydrogens is 210 g/mol. The highest BCUT2D eigenvalue weighted by atomic mass is 16.5. The molecule has 0 radical (unpaired) electrons. The number of hydrogen-bond donors (Lipinski definition) is 1. The Labute approximate surface area is 94.1 Å². The summed E-state index contributed by atoms with van der Waals surface area (Å²) in [7, 11) is 2.88. The van der Waals surface area contributed by atoms with E-state index in [2.05, 4.69) is 4.74 Å². The second-order valence-electron chi connectivity index (χ2n) is 3.08. The standard InChI is InChI=1S/C11H15NO4/c1-14-9-4-3-8(12)7-10(9)16-6-5-11(13)15-2/h3-4,7H,5-6,12H2,1-2H3. The van der Waals surface area contributed by atoms with E-state index in [4.69, 9.17) is 15.2 Å². The van der Waals surface area contributed by atoms with Gasteiger partial charge in [-0.1, -0.05) is 0 Å². The van der Waals surface area contributed by atoms with Crippen LogP contribution >= 0.6 is 0 Å². The fraction of sp³-hybridized carbons (Fsp3) is 0.364. The number of carbonyl (C=O) groups excluding carboxylic acids is 1. The first kappa shape index (κ1) is 12.2. The summed E-state index contributed by atoms with van der Waals surface area (Å²) < 4.78 is 15.0. The van der Waals surface area contributed by atoms with Crippen molar-refractivity contribution in [2.45, 2.75) is 6.42 Å². The summed E-state index contributed by atoms with van der Waals surface area (Å²) in [6.07, 6.45) is 0.189. The lowest BCUT2D eigenvalue weighted by Crippen LogP contribution is -2.08. The third kappa shape index (κ3) is 3.34. The molecule has 16 heavy (non-hydrogen) atoms. The number of nitrogen functional groups attached to an aromatic ring is 1. The molecule has 5 nitrogen and oxygen atoms in total. The van der Waals surface area contributed by atoms with Crippen molar-refractivity contribution in [1.29, 1.82) is 0 Å². The summed E-state index contributed by atoms with van der Waals surface area (Å²) >= 11 is 0. The normalized spacial score (nSPS) is 9.62. The zero-order chi connectivity index (χ0) is 12.0. The number of carbonyl (C=O) groups is 1. The number of nitrogens with two attached hydrogens (primary N) is 1. The fourth-order valence-corrected chi connectivity index (χ4v) is 1.15. The van der Waals surface area contributed by atoms with Crippen LogP contribution in [0.3, 0.4) is 0 Å². The van der Waals surface area contributed by atoms with Gasteiger partial charge in [-0.3, -0.25) is 4.79 Å². The van der Waals surface area contributed by atoms with Crippen molar-refractivity contribution < 1.29 is 19.0 Å². The van der Waals surface area contributed by atoms with Gasteiger partial charge >= 0.3 is 5.97 Å². The van der Waals surface area contributed by atoms with Gasteiger partial charge in [0.25, 0.3) is 0 Å². The second kappa shape index (κ2) is 5.85. The van der Waals surface area contributed by atoms with E-state index in [0.29, 0.717) is 17.2 Å².